The molecule has 32 heavy (non-hydrogen) atoms. The maximum absolute atomic E-state index is 13.4. The second-order valence-electron chi connectivity index (χ2n) is 9.62. The summed E-state index contributed by atoms with van der Waals surface area (Å²) in [6.45, 7) is 4.94. The molecule has 0 amide bonds. The van der Waals surface area contributed by atoms with Crippen molar-refractivity contribution in [2.75, 3.05) is 0 Å². The van der Waals surface area contributed by atoms with E-state index in [2.05, 4.69) is 36.2 Å². The van der Waals surface area contributed by atoms with Crippen molar-refractivity contribution in [2.24, 2.45) is 5.92 Å². The lowest BCUT2D eigenvalue weighted by atomic mass is 9.54. The van der Waals surface area contributed by atoms with Crippen LogP contribution in [0.1, 0.15) is 72.9 Å². The Morgan fingerprint density at radius 3 is 2.72 bits per heavy atom. The first kappa shape index (κ1) is 21.2. The van der Waals surface area contributed by atoms with Crippen LogP contribution in [0.4, 0.5) is 4.39 Å². The molecule has 2 aromatic carbocycles. The van der Waals surface area contributed by atoms with Gasteiger partial charge in [-0.25, -0.2) is 4.39 Å². The standard InChI is InChI=1S/C29H32FNO/c1-3-29-15-14-22(21-7-10-26(30)11-8-21)17-25(29)9-6-23-18-27(12-13-28(23)29)32-19-24-5-4-16-31-20(24)2/h4-5,7-8,10-13,16,18,22,25H,3,6,9,14-15,17,19H2,1-2H3. The molecule has 3 unspecified atom stereocenters. The van der Waals surface area contributed by atoms with Gasteiger partial charge in [-0.3, -0.25) is 4.98 Å². The van der Waals surface area contributed by atoms with Gasteiger partial charge in [0.2, 0.25) is 0 Å². The second-order valence-corrected chi connectivity index (χ2v) is 9.62. The molecule has 0 N–H and O–H groups in total. The number of fused-ring (bicyclic) bond motifs is 3. The molecule has 1 saturated carbocycles. The highest BCUT2D eigenvalue weighted by molar-refractivity contribution is 5.44. The predicted molar refractivity (Wildman–Crippen MR) is 127 cm³/mol. The molecule has 1 fully saturated rings. The Labute approximate surface area is 190 Å². The average molecular weight is 430 g/mol. The highest BCUT2D eigenvalue weighted by Gasteiger charge is 2.46. The topological polar surface area (TPSA) is 22.1 Å². The number of hydrogen-bond acceptors (Lipinski definition) is 2. The van der Waals surface area contributed by atoms with Crippen LogP contribution >= 0.6 is 0 Å². The Balaban J connectivity index is 1.35. The van der Waals surface area contributed by atoms with Gasteiger partial charge in [-0.1, -0.05) is 31.2 Å². The Morgan fingerprint density at radius 1 is 1.09 bits per heavy atom. The smallest absolute Gasteiger partial charge is 0.123 e. The molecule has 1 heterocycles. The van der Waals surface area contributed by atoms with Gasteiger partial charge in [0.1, 0.15) is 18.2 Å². The molecule has 166 valence electrons. The van der Waals surface area contributed by atoms with E-state index in [1.807, 2.05) is 31.3 Å². The summed E-state index contributed by atoms with van der Waals surface area (Å²) in [4.78, 5) is 4.36. The van der Waals surface area contributed by atoms with Gasteiger partial charge in [-0.05, 0) is 110 Å². The fourth-order valence-corrected chi connectivity index (χ4v) is 6.28. The summed E-state index contributed by atoms with van der Waals surface area (Å²) in [6, 6.07) is 18.0. The zero-order chi connectivity index (χ0) is 22.1. The SMILES string of the molecule is CCC12CCC(c3ccc(F)cc3)CC1CCc1cc(OCc3cccnc3C)ccc12. The van der Waals surface area contributed by atoms with Crippen molar-refractivity contribution in [3.05, 3.63) is 94.6 Å². The van der Waals surface area contributed by atoms with Gasteiger partial charge in [0.05, 0.1) is 0 Å². The predicted octanol–water partition coefficient (Wildman–Crippen LogP) is 7.29. The molecular weight excluding hydrogens is 397 g/mol. The Kier molecular flexibility index (Phi) is 5.75. The normalized spacial score (nSPS) is 24.5. The van der Waals surface area contributed by atoms with Gasteiger partial charge in [-0.15, -0.1) is 0 Å². The van der Waals surface area contributed by atoms with E-state index in [9.17, 15) is 4.39 Å². The molecule has 3 atom stereocenters. The summed E-state index contributed by atoms with van der Waals surface area (Å²) in [7, 11) is 0. The molecule has 0 saturated heterocycles. The van der Waals surface area contributed by atoms with Crippen molar-refractivity contribution in [2.45, 2.75) is 70.3 Å². The minimum absolute atomic E-state index is 0.143. The summed E-state index contributed by atoms with van der Waals surface area (Å²) in [6.07, 6.45) is 8.92. The summed E-state index contributed by atoms with van der Waals surface area (Å²) >= 11 is 0. The van der Waals surface area contributed by atoms with Gasteiger partial charge in [-0.2, -0.15) is 0 Å². The van der Waals surface area contributed by atoms with Crippen LogP contribution in [0.2, 0.25) is 0 Å². The van der Waals surface area contributed by atoms with Crippen LogP contribution in [0.5, 0.6) is 5.75 Å². The van der Waals surface area contributed by atoms with Gasteiger partial charge in [0.15, 0.2) is 0 Å². The van der Waals surface area contributed by atoms with Crippen LogP contribution in [0.3, 0.4) is 0 Å². The molecule has 2 nitrogen and oxygen atoms in total. The van der Waals surface area contributed by atoms with Crippen molar-refractivity contribution in [1.82, 2.24) is 4.98 Å². The first-order valence-electron chi connectivity index (χ1n) is 12.0. The van der Waals surface area contributed by atoms with Crippen molar-refractivity contribution in [1.29, 1.82) is 0 Å². The third kappa shape index (κ3) is 3.83. The monoisotopic (exact) mass is 429 g/mol. The van der Waals surface area contributed by atoms with Crippen molar-refractivity contribution < 1.29 is 9.13 Å². The highest BCUT2D eigenvalue weighted by atomic mass is 19.1. The molecule has 0 radical (unpaired) electrons. The maximum Gasteiger partial charge on any atom is 0.123 e. The van der Waals surface area contributed by atoms with E-state index in [0.717, 1.165) is 23.4 Å². The van der Waals surface area contributed by atoms with Crippen LogP contribution < -0.4 is 4.74 Å². The maximum atomic E-state index is 13.4. The van der Waals surface area contributed by atoms with Crippen LogP contribution in [0.15, 0.2) is 60.8 Å². The molecule has 2 aliphatic rings. The number of nitrogens with zero attached hydrogens (tertiary/aromatic N) is 1. The second kappa shape index (κ2) is 8.69. The van der Waals surface area contributed by atoms with Crippen LogP contribution in [0.25, 0.3) is 0 Å². The number of pyridine rings is 1. The number of hydrogen-bond donors (Lipinski definition) is 0. The molecule has 1 aromatic heterocycles. The largest absolute Gasteiger partial charge is 0.489 e. The zero-order valence-electron chi connectivity index (χ0n) is 19.1. The van der Waals surface area contributed by atoms with Crippen LogP contribution in [-0.2, 0) is 18.4 Å². The summed E-state index contributed by atoms with van der Waals surface area (Å²) in [5.74, 6) is 2.05. The summed E-state index contributed by atoms with van der Waals surface area (Å²) in [5.41, 5.74) is 6.73. The minimum Gasteiger partial charge on any atom is -0.489 e. The Hall–Kier alpha value is -2.68. The van der Waals surface area contributed by atoms with Crippen LogP contribution in [0, 0.1) is 18.7 Å². The number of rotatable bonds is 5. The van der Waals surface area contributed by atoms with Crippen molar-refractivity contribution in [3.63, 3.8) is 0 Å². The fourth-order valence-electron chi connectivity index (χ4n) is 6.28. The van der Waals surface area contributed by atoms with E-state index in [1.54, 1.807) is 17.7 Å². The molecule has 3 aromatic rings. The molecule has 2 aliphatic carbocycles. The summed E-state index contributed by atoms with van der Waals surface area (Å²) in [5, 5.41) is 0. The number of aromatic nitrogens is 1. The molecule has 5 rings (SSSR count). The first-order chi connectivity index (χ1) is 15.6. The van der Waals surface area contributed by atoms with Crippen molar-refractivity contribution >= 4 is 0 Å². The average Bonchev–Trinajstić information content (AvgIpc) is 2.83. The first-order valence-corrected chi connectivity index (χ1v) is 12.0. The van der Waals surface area contributed by atoms with Gasteiger partial charge < -0.3 is 4.74 Å². The molecule has 3 heteroatoms. The van der Waals surface area contributed by atoms with Crippen molar-refractivity contribution in [3.8, 4) is 5.75 Å². The van der Waals surface area contributed by atoms with E-state index in [1.165, 1.54) is 43.2 Å². The number of halogens is 1. The Bertz CT molecular complexity index is 1090. The molecule has 0 aliphatic heterocycles. The fraction of sp³-hybridized carbons (Fsp3) is 0.414. The molecule has 0 spiro atoms. The Morgan fingerprint density at radius 2 is 1.94 bits per heavy atom. The third-order valence-corrected chi connectivity index (χ3v) is 8.15. The lowest BCUT2D eigenvalue weighted by molar-refractivity contribution is 0.138. The lowest BCUT2D eigenvalue weighted by Gasteiger charge is -2.50. The van der Waals surface area contributed by atoms with Gasteiger partial charge >= 0.3 is 0 Å². The van der Waals surface area contributed by atoms with Gasteiger partial charge in [0, 0.05) is 17.5 Å². The quantitative estimate of drug-likeness (QED) is 0.425. The third-order valence-electron chi connectivity index (χ3n) is 8.15. The number of benzene rings is 2. The van der Waals surface area contributed by atoms with E-state index in [-0.39, 0.29) is 11.2 Å². The van der Waals surface area contributed by atoms with Crippen LogP contribution in [-0.4, -0.2) is 4.98 Å². The minimum atomic E-state index is -0.143. The van der Waals surface area contributed by atoms with Gasteiger partial charge in [0.25, 0.3) is 0 Å². The highest BCUT2D eigenvalue weighted by Crippen LogP contribution is 2.55. The number of ether oxygens (including phenoxy) is 1. The van der Waals surface area contributed by atoms with E-state index in [4.69, 9.17) is 4.74 Å². The lowest BCUT2D eigenvalue weighted by Crippen LogP contribution is -2.43. The zero-order valence-corrected chi connectivity index (χ0v) is 19.1. The van der Waals surface area contributed by atoms with E-state index < -0.39 is 0 Å². The van der Waals surface area contributed by atoms with E-state index >= 15 is 0 Å². The molecular formula is C29H32FNO. The summed E-state index contributed by atoms with van der Waals surface area (Å²) < 4.78 is 19.5. The number of aryl methyl sites for hydroxylation is 2. The molecule has 0 bridgehead atoms. The van der Waals surface area contributed by atoms with E-state index in [0.29, 0.717) is 18.4 Å².